The van der Waals surface area contributed by atoms with Gasteiger partial charge >= 0.3 is 6.18 Å². The molecule has 35 heavy (non-hydrogen) atoms. The van der Waals surface area contributed by atoms with Gasteiger partial charge in [-0.1, -0.05) is 18.2 Å². The third-order valence-corrected chi connectivity index (χ3v) is 5.15. The van der Waals surface area contributed by atoms with Crippen molar-refractivity contribution in [1.29, 1.82) is 0 Å². The highest BCUT2D eigenvalue weighted by Crippen LogP contribution is 2.38. The highest BCUT2D eigenvalue weighted by molar-refractivity contribution is 5.92. The predicted octanol–water partition coefficient (Wildman–Crippen LogP) is 4.54. The Kier molecular flexibility index (Phi) is 5.69. The summed E-state index contributed by atoms with van der Waals surface area (Å²) in [6.07, 6.45) is -2.73. The Labute approximate surface area is 196 Å². The van der Waals surface area contributed by atoms with E-state index in [1.165, 1.54) is 6.33 Å². The first-order valence-corrected chi connectivity index (χ1v) is 10.3. The van der Waals surface area contributed by atoms with E-state index in [1.807, 2.05) is 0 Å². The average Bonchev–Trinajstić information content (AvgIpc) is 3.51. The zero-order valence-corrected chi connectivity index (χ0v) is 17.9. The van der Waals surface area contributed by atoms with Gasteiger partial charge in [-0.15, -0.1) is 0 Å². The third kappa shape index (κ3) is 4.86. The molecular weight excluding hydrogens is 465 g/mol. The minimum absolute atomic E-state index is 0.0313. The second-order valence-corrected chi connectivity index (χ2v) is 7.53. The summed E-state index contributed by atoms with van der Waals surface area (Å²) in [6.45, 7) is 0.107. The van der Waals surface area contributed by atoms with E-state index in [9.17, 15) is 18.0 Å². The zero-order valence-electron chi connectivity index (χ0n) is 17.9. The number of hydrogen-bond donors (Lipinski definition) is 3. The molecule has 1 amide bonds. The molecule has 0 aliphatic carbocycles. The van der Waals surface area contributed by atoms with Crippen LogP contribution < -0.4 is 20.1 Å². The molecule has 0 spiro atoms. The van der Waals surface area contributed by atoms with Gasteiger partial charge < -0.3 is 20.1 Å². The van der Waals surface area contributed by atoms with E-state index in [0.29, 0.717) is 40.3 Å². The van der Waals surface area contributed by atoms with Gasteiger partial charge in [0.1, 0.15) is 12.1 Å². The summed E-state index contributed by atoms with van der Waals surface area (Å²) in [4.78, 5) is 20.4. The lowest BCUT2D eigenvalue weighted by Gasteiger charge is -2.17. The SMILES string of the molecule is O=C(Cc1ccc2c(c1)OCO2)Nc1cc(Nc2ccccc2-c2ncn[nH]2)c(C(F)(F)F)cn1. The summed E-state index contributed by atoms with van der Waals surface area (Å²) >= 11 is 0. The Morgan fingerprint density at radius 1 is 1.03 bits per heavy atom. The molecule has 0 atom stereocenters. The molecule has 0 saturated heterocycles. The number of carbonyl (C=O) groups excluding carboxylic acids is 1. The van der Waals surface area contributed by atoms with Crippen molar-refractivity contribution in [1.82, 2.24) is 20.2 Å². The quantitative estimate of drug-likeness (QED) is 0.370. The smallest absolute Gasteiger partial charge is 0.419 e. The van der Waals surface area contributed by atoms with Crippen LogP contribution in [0.4, 0.5) is 30.4 Å². The van der Waals surface area contributed by atoms with Gasteiger partial charge in [-0.25, -0.2) is 9.97 Å². The van der Waals surface area contributed by atoms with Gasteiger partial charge in [-0.3, -0.25) is 9.89 Å². The summed E-state index contributed by atoms with van der Waals surface area (Å²) in [7, 11) is 0. The van der Waals surface area contributed by atoms with Crippen molar-refractivity contribution >= 4 is 23.1 Å². The first-order chi connectivity index (χ1) is 16.9. The lowest BCUT2D eigenvalue weighted by atomic mass is 10.1. The van der Waals surface area contributed by atoms with Crippen LogP contribution in [0.2, 0.25) is 0 Å². The van der Waals surface area contributed by atoms with E-state index < -0.39 is 17.6 Å². The Bertz CT molecular complexity index is 1380. The summed E-state index contributed by atoms with van der Waals surface area (Å²) < 4.78 is 51.6. The Balaban J connectivity index is 1.39. The van der Waals surface area contributed by atoms with Crippen LogP contribution in [-0.4, -0.2) is 32.9 Å². The van der Waals surface area contributed by atoms with Crippen molar-refractivity contribution in [3.05, 3.63) is 72.2 Å². The number of ether oxygens (including phenoxy) is 2. The van der Waals surface area contributed by atoms with Crippen LogP contribution in [0.25, 0.3) is 11.4 Å². The molecular formula is C23H17F3N6O3. The highest BCUT2D eigenvalue weighted by atomic mass is 19.4. The maximum atomic E-state index is 13.7. The fourth-order valence-electron chi connectivity index (χ4n) is 3.56. The molecule has 0 saturated carbocycles. The van der Waals surface area contributed by atoms with Gasteiger partial charge in [-0.05, 0) is 29.8 Å². The van der Waals surface area contributed by atoms with Crippen molar-refractivity contribution in [3.63, 3.8) is 0 Å². The van der Waals surface area contributed by atoms with Crippen LogP contribution >= 0.6 is 0 Å². The van der Waals surface area contributed by atoms with E-state index >= 15 is 0 Å². The lowest BCUT2D eigenvalue weighted by molar-refractivity contribution is -0.137. The number of anilines is 3. The van der Waals surface area contributed by atoms with Crippen molar-refractivity contribution in [3.8, 4) is 22.9 Å². The number of para-hydroxylation sites is 1. The molecule has 178 valence electrons. The van der Waals surface area contributed by atoms with E-state index in [0.717, 1.165) is 6.07 Å². The van der Waals surface area contributed by atoms with Gasteiger partial charge in [0.25, 0.3) is 0 Å². The number of nitrogens with zero attached hydrogens (tertiary/aromatic N) is 3. The van der Waals surface area contributed by atoms with Crippen LogP contribution in [0.3, 0.4) is 0 Å². The summed E-state index contributed by atoms with van der Waals surface area (Å²) in [5.41, 5.74) is 0.261. The number of aromatic nitrogens is 4. The fourth-order valence-corrected chi connectivity index (χ4v) is 3.56. The zero-order chi connectivity index (χ0) is 24.4. The summed E-state index contributed by atoms with van der Waals surface area (Å²) in [6, 6.07) is 12.9. The molecule has 0 fully saturated rings. The van der Waals surface area contributed by atoms with Crippen molar-refractivity contribution in [2.24, 2.45) is 0 Å². The first kappa shape index (κ1) is 22.2. The van der Waals surface area contributed by atoms with Crippen molar-refractivity contribution in [2.45, 2.75) is 12.6 Å². The number of nitrogens with one attached hydrogen (secondary N) is 3. The minimum atomic E-state index is -4.68. The van der Waals surface area contributed by atoms with Gasteiger partial charge in [0.15, 0.2) is 17.3 Å². The van der Waals surface area contributed by atoms with Crippen LogP contribution in [0.1, 0.15) is 11.1 Å². The number of amides is 1. The van der Waals surface area contributed by atoms with Crippen LogP contribution in [0.15, 0.2) is 61.1 Å². The topological polar surface area (TPSA) is 114 Å². The van der Waals surface area contributed by atoms with Gasteiger partial charge in [0.05, 0.1) is 17.7 Å². The Morgan fingerprint density at radius 3 is 2.66 bits per heavy atom. The lowest BCUT2D eigenvalue weighted by Crippen LogP contribution is -2.17. The molecule has 1 aliphatic heterocycles. The van der Waals surface area contributed by atoms with E-state index in [-0.39, 0.29) is 24.7 Å². The molecule has 3 N–H and O–H groups in total. The summed E-state index contributed by atoms with van der Waals surface area (Å²) in [5, 5.41) is 11.8. The average molecular weight is 482 g/mol. The number of carbonyl (C=O) groups is 1. The minimum Gasteiger partial charge on any atom is -0.454 e. The van der Waals surface area contributed by atoms with E-state index in [1.54, 1.807) is 42.5 Å². The number of alkyl halides is 3. The molecule has 2 aromatic heterocycles. The maximum Gasteiger partial charge on any atom is 0.419 e. The molecule has 0 bridgehead atoms. The fraction of sp³-hybridized carbons (Fsp3) is 0.130. The number of hydrogen-bond acceptors (Lipinski definition) is 7. The predicted molar refractivity (Wildman–Crippen MR) is 119 cm³/mol. The molecule has 1 aliphatic rings. The number of benzene rings is 2. The standard InChI is InChI=1S/C23H17F3N6O3/c24-23(25,26)15-10-27-20(31-21(33)8-13-5-6-18-19(7-13)35-12-34-18)9-17(15)30-16-4-2-1-3-14(16)22-28-11-29-32-22/h1-7,9-11H,8,12H2,(H,28,29,32)(H2,27,30,31,33). The van der Waals surface area contributed by atoms with Crippen molar-refractivity contribution in [2.75, 3.05) is 17.4 Å². The van der Waals surface area contributed by atoms with Gasteiger partial charge in [0.2, 0.25) is 12.7 Å². The van der Waals surface area contributed by atoms with Crippen molar-refractivity contribution < 1.29 is 27.4 Å². The number of rotatable bonds is 6. The van der Waals surface area contributed by atoms with Gasteiger partial charge in [0, 0.05) is 23.5 Å². The number of fused-ring (bicyclic) bond motifs is 1. The molecule has 5 rings (SSSR count). The molecule has 0 unspecified atom stereocenters. The Hall–Kier alpha value is -4.61. The highest BCUT2D eigenvalue weighted by Gasteiger charge is 2.34. The van der Waals surface area contributed by atoms with Gasteiger partial charge in [-0.2, -0.15) is 18.3 Å². The first-order valence-electron chi connectivity index (χ1n) is 10.3. The molecule has 9 nitrogen and oxygen atoms in total. The molecule has 12 heteroatoms. The van der Waals surface area contributed by atoms with Crippen LogP contribution in [-0.2, 0) is 17.4 Å². The normalized spacial score (nSPS) is 12.4. The third-order valence-electron chi connectivity index (χ3n) is 5.15. The van der Waals surface area contributed by atoms with Crippen LogP contribution in [0, 0.1) is 0 Å². The molecule has 3 heterocycles. The monoisotopic (exact) mass is 482 g/mol. The Morgan fingerprint density at radius 2 is 1.86 bits per heavy atom. The maximum absolute atomic E-state index is 13.7. The van der Waals surface area contributed by atoms with E-state index in [4.69, 9.17) is 9.47 Å². The van der Waals surface area contributed by atoms with Crippen LogP contribution in [0.5, 0.6) is 11.5 Å². The number of aromatic amines is 1. The second kappa shape index (κ2) is 8.97. The number of H-pyrrole nitrogens is 1. The number of pyridine rings is 1. The summed E-state index contributed by atoms with van der Waals surface area (Å²) in [5.74, 6) is 1.00. The molecule has 0 radical (unpaired) electrons. The van der Waals surface area contributed by atoms with E-state index in [2.05, 4.69) is 30.8 Å². The second-order valence-electron chi connectivity index (χ2n) is 7.53. The molecule has 4 aromatic rings. The molecule has 2 aromatic carbocycles. The number of halogens is 3. The largest absolute Gasteiger partial charge is 0.454 e.